The van der Waals surface area contributed by atoms with E-state index in [-0.39, 0.29) is 6.61 Å². The lowest BCUT2D eigenvalue weighted by Gasteiger charge is -1.99. The number of ether oxygens (including phenoxy) is 1. The van der Waals surface area contributed by atoms with E-state index in [4.69, 9.17) is 13.7 Å². The first-order valence-corrected chi connectivity index (χ1v) is 6.47. The molecule has 0 fully saturated rings. The molecule has 0 aliphatic rings. The van der Waals surface area contributed by atoms with E-state index in [1.54, 1.807) is 25.1 Å². The fraction of sp³-hybridized carbons (Fsp3) is 0.167. The Morgan fingerprint density at radius 3 is 3.05 bits per heavy atom. The van der Waals surface area contributed by atoms with Crippen LogP contribution in [0.1, 0.15) is 21.1 Å². The van der Waals surface area contributed by atoms with E-state index < -0.39 is 5.97 Å². The zero-order valence-electron chi connectivity index (χ0n) is 10.4. The lowest BCUT2D eigenvalue weighted by Crippen LogP contribution is -2.05. The van der Waals surface area contributed by atoms with Gasteiger partial charge in [-0.05, 0) is 30.6 Å². The van der Waals surface area contributed by atoms with Crippen LogP contribution in [-0.2, 0) is 11.3 Å². The Kier molecular flexibility index (Phi) is 3.30. The van der Waals surface area contributed by atoms with E-state index in [2.05, 4.69) is 14.7 Å². The van der Waals surface area contributed by atoms with Gasteiger partial charge in [-0.1, -0.05) is 9.64 Å². The zero-order chi connectivity index (χ0) is 13.9. The summed E-state index contributed by atoms with van der Waals surface area (Å²) < 4.78 is 19.1. The molecule has 8 heteroatoms. The van der Waals surface area contributed by atoms with Crippen molar-refractivity contribution in [3.63, 3.8) is 0 Å². The van der Waals surface area contributed by atoms with Crippen molar-refractivity contribution in [2.24, 2.45) is 0 Å². The van der Waals surface area contributed by atoms with Crippen LogP contribution >= 0.6 is 11.5 Å². The second-order valence-electron chi connectivity index (χ2n) is 3.92. The van der Waals surface area contributed by atoms with E-state index in [0.717, 1.165) is 11.5 Å². The van der Waals surface area contributed by atoms with Crippen LogP contribution in [0.15, 0.2) is 33.4 Å². The Labute approximate surface area is 117 Å². The van der Waals surface area contributed by atoms with Crippen molar-refractivity contribution in [3.05, 3.63) is 40.7 Å². The quantitative estimate of drug-likeness (QED) is 0.682. The topological polar surface area (TPSA) is 91.2 Å². The number of nitrogens with zero attached hydrogens (tertiary/aromatic N) is 3. The average Bonchev–Trinajstić information content (AvgIpc) is 3.16. The highest BCUT2D eigenvalue weighted by molar-refractivity contribution is 7.07. The third-order valence-electron chi connectivity index (χ3n) is 2.51. The number of carbonyl (C=O) groups excluding carboxylic acids is 1. The molecule has 20 heavy (non-hydrogen) atoms. The maximum Gasteiger partial charge on any atom is 0.352 e. The summed E-state index contributed by atoms with van der Waals surface area (Å²) in [6, 6.07) is 5.16. The lowest BCUT2D eigenvalue weighted by molar-refractivity contribution is 0.0469. The summed E-state index contributed by atoms with van der Waals surface area (Å²) in [6.07, 6.45) is 1.54. The van der Waals surface area contributed by atoms with Crippen LogP contribution < -0.4 is 0 Å². The number of aromatic nitrogens is 3. The zero-order valence-corrected chi connectivity index (χ0v) is 11.2. The van der Waals surface area contributed by atoms with Crippen LogP contribution in [0.4, 0.5) is 0 Å². The summed E-state index contributed by atoms with van der Waals surface area (Å²) in [5.74, 6) is 0.578. The maximum atomic E-state index is 11.8. The maximum absolute atomic E-state index is 11.8. The molecule has 0 radical (unpaired) electrons. The fourth-order valence-electron chi connectivity index (χ4n) is 1.54. The van der Waals surface area contributed by atoms with Crippen LogP contribution in [0.2, 0.25) is 0 Å². The SMILES string of the molecule is Cc1nnsc1C(=O)OCc1cc(-c2ccco2)on1. The van der Waals surface area contributed by atoms with Crippen LogP contribution in [0.3, 0.4) is 0 Å². The summed E-state index contributed by atoms with van der Waals surface area (Å²) in [5, 5.41) is 7.56. The molecule has 3 rings (SSSR count). The molecule has 3 heterocycles. The Morgan fingerprint density at radius 2 is 2.35 bits per heavy atom. The molecular weight excluding hydrogens is 282 g/mol. The summed E-state index contributed by atoms with van der Waals surface area (Å²) >= 11 is 1.00. The Morgan fingerprint density at radius 1 is 1.45 bits per heavy atom. The number of hydrogen-bond donors (Lipinski definition) is 0. The fourth-order valence-corrected chi connectivity index (χ4v) is 2.09. The van der Waals surface area contributed by atoms with Crippen molar-refractivity contribution in [1.29, 1.82) is 0 Å². The van der Waals surface area contributed by atoms with Gasteiger partial charge in [0.25, 0.3) is 0 Å². The minimum absolute atomic E-state index is 0.0143. The van der Waals surface area contributed by atoms with Gasteiger partial charge < -0.3 is 13.7 Å². The monoisotopic (exact) mass is 291 g/mol. The molecule has 0 aliphatic heterocycles. The van der Waals surface area contributed by atoms with Crippen molar-refractivity contribution in [1.82, 2.24) is 14.7 Å². The molecule has 0 aromatic carbocycles. The smallest absolute Gasteiger partial charge is 0.352 e. The summed E-state index contributed by atoms with van der Waals surface area (Å²) in [7, 11) is 0. The average molecular weight is 291 g/mol. The van der Waals surface area contributed by atoms with E-state index >= 15 is 0 Å². The van der Waals surface area contributed by atoms with Crippen LogP contribution in [0.25, 0.3) is 11.5 Å². The molecule has 0 aliphatic carbocycles. The second-order valence-corrected chi connectivity index (χ2v) is 4.68. The minimum Gasteiger partial charge on any atom is -0.461 e. The van der Waals surface area contributed by atoms with Crippen molar-refractivity contribution in [3.8, 4) is 11.5 Å². The first-order chi connectivity index (χ1) is 9.74. The van der Waals surface area contributed by atoms with E-state index in [9.17, 15) is 4.79 Å². The van der Waals surface area contributed by atoms with Gasteiger partial charge in [-0.15, -0.1) is 5.10 Å². The van der Waals surface area contributed by atoms with Crippen molar-refractivity contribution >= 4 is 17.5 Å². The van der Waals surface area contributed by atoms with Crippen LogP contribution in [-0.4, -0.2) is 20.7 Å². The third kappa shape index (κ3) is 2.45. The molecular formula is C12H9N3O4S. The van der Waals surface area contributed by atoms with Gasteiger partial charge in [0.15, 0.2) is 10.6 Å². The van der Waals surface area contributed by atoms with Gasteiger partial charge >= 0.3 is 5.97 Å². The van der Waals surface area contributed by atoms with E-state index in [1.165, 1.54) is 6.26 Å². The van der Waals surface area contributed by atoms with Crippen molar-refractivity contribution < 1.29 is 18.5 Å². The van der Waals surface area contributed by atoms with Gasteiger partial charge in [0.1, 0.15) is 12.3 Å². The van der Waals surface area contributed by atoms with Crippen molar-refractivity contribution in [2.75, 3.05) is 0 Å². The largest absolute Gasteiger partial charge is 0.461 e. The van der Waals surface area contributed by atoms with Gasteiger partial charge in [0.05, 0.1) is 12.0 Å². The highest BCUT2D eigenvalue weighted by Crippen LogP contribution is 2.21. The van der Waals surface area contributed by atoms with E-state index in [0.29, 0.717) is 27.8 Å². The summed E-state index contributed by atoms with van der Waals surface area (Å²) in [5.41, 5.74) is 1.05. The minimum atomic E-state index is -0.472. The summed E-state index contributed by atoms with van der Waals surface area (Å²) in [6.45, 7) is 1.71. The second kappa shape index (κ2) is 5.25. The Hall–Kier alpha value is -2.48. The molecule has 0 atom stereocenters. The van der Waals surface area contributed by atoms with Gasteiger partial charge in [-0.2, -0.15) is 0 Å². The van der Waals surface area contributed by atoms with Gasteiger partial charge in [0.2, 0.25) is 5.76 Å². The molecule has 0 spiro atoms. The molecule has 7 nitrogen and oxygen atoms in total. The van der Waals surface area contributed by atoms with Gasteiger partial charge in [-0.3, -0.25) is 0 Å². The summed E-state index contributed by atoms with van der Waals surface area (Å²) in [4.78, 5) is 12.2. The third-order valence-corrected chi connectivity index (χ3v) is 3.32. The predicted octanol–water partition coefficient (Wildman–Crippen LogP) is 2.45. The molecule has 0 amide bonds. The predicted molar refractivity (Wildman–Crippen MR) is 68.0 cm³/mol. The molecule has 0 saturated heterocycles. The Bertz CT molecular complexity index is 717. The Balaban J connectivity index is 1.65. The first-order valence-electron chi connectivity index (χ1n) is 5.69. The van der Waals surface area contributed by atoms with Crippen LogP contribution in [0.5, 0.6) is 0 Å². The molecule has 0 saturated carbocycles. The highest BCUT2D eigenvalue weighted by Gasteiger charge is 2.16. The van der Waals surface area contributed by atoms with E-state index in [1.807, 2.05) is 0 Å². The van der Waals surface area contributed by atoms with Crippen molar-refractivity contribution in [2.45, 2.75) is 13.5 Å². The molecule has 0 bridgehead atoms. The first kappa shape index (κ1) is 12.5. The number of furan rings is 1. The van der Waals surface area contributed by atoms with Crippen LogP contribution in [0, 0.1) is 6.92 Å². The highest BCUT2D eigenvalue weighted by atomic mass is 32.1. The molecule has 3 aromatic heterocycles. The number of carbonyl (C=O) groups is 1. The number of hydrogen-bond acceptors (Lipinski definition) is 8. The molecule has 3 aromatic rings. The number of aryl methyl sites for hydroxylation is 1. The number of esters is 1. The molecule has 0 unspecified atom stereocenters. The molecule has 102 valence electrons. The van der Waals surface area contributed by atoms with Gasteiger partial charge in [0, 0.05) is 6.07 Å². The standard InChI is InChI=1S/C12H9N3O4S/c1-7-11(20-15-13-7)12(16)18-6-8-5-10(19-14-8)9-3-2-4-17-9/h2-5H,6H2,1H3. The number of rotatable bonds is 4. The normalized spacial score (nSPS) is 10.7. The van der Waals surface area contributed by atoms with Gasteiger partial charge in [-0.25, -0.2) is 4.79 Å². The lowest BCUT2D eigenvalue weighted by atomic mass is 10.3. The molecule has 0 N–H and O–H groups in total.